The molecule has 8 heteroatoms. The molecule has 1 aromatic heterocycles. The summed E-state index contributed by atoms with van der Waals surface area (Å²) >= 11 is 0. The maximum atomic E-state index is 12.4. The number of carbonyl (C=O) groups is 2. The van der Waals surface area contributed by atoms with E-state index in [0.29, 0.717) is 11.3 Å². The van der Waals surface area contributed by atoms with Gasteiger partial charge in [-0.1, -0.05) is 0 Å². The van der Waals surface area contributed by atoms with Crippen LogP contribution in [0.25, 0.3) is 0 Å². The lowest BCUT2D eigenvalue weighted by atomic mass is 10.2. The average Bonchev–Trinajstić information content (AvgIpc) is 2.53. The Labute approximate surface area is 138 Å². The van der Waals surface area contributed by atoms with Crippen molar-refractivity contribution >= 4 is 23.2 Å². The molecule has 0 saturated carbocycles. The monoisotopic (exact) mass is 335 g/mol. The number of amides is 1. The Morgan fingerprint density at radius 3 is 2.30 bits per heavy atom. The van der Waals surface area contributed by atoms with Gasteiger partial charge >= 0.3 is 6.03 Å². The zero-order valence-corrected chi connectivity index (χ0v) is 13.2. The maximum absolute atomic E-state index is 12.4. The number of anilines is 1. The number of halogens is 1. The molecule has 0 radical (unpaired) electrons. The van der Waals surface area contributed by atoms with E-state index in [1.165, 1.54) is 53.0 Å². The number of nitrogens with zero attached hydrogens (tertiary/aromatic N) is 3. The van der Waals surface area contributed by atoms with Crippen LogP contribution < -0.4 is 21.9 Å². The summed E-state index contributed by atoms with van der Waals surface area (Å²) in [6, 6.07) is 8.50. The maximum Gasteiger partial charge on any atom is 0.502 e. The van der Waals surface area contributed by atoms with Crippen molar-refractivity contribution in [2.75, 3.05) is 11.9 Å². The van der Waals surface area contributed by atoms with Gasteiger partial charge in [0, 0.05) is 12.1 Å². The second-order valence-electron chi connectivity index (χ2n) is 4.67. The smallest absolute Gasteiger partial charge is 0.502 e. The fraction of sp³-hybridized carbons (Fsp3) is 0.133. The number of hydrogen-bond acceptors (Lipinski definition) is 4. The molecule has 1 heterocycles. The van der Waals surface area contributed by atoms with Crippen LogP contribution in [-0.4, -0.2) is 23.8 Å². The molecule has 0 aliphatic rings. The van der Waals surface area contributed by atoms with Crippen LogP contribution in [0.5, 0.6) is 0 Å². The Morgan fingerprint density at radius 2 is 1.78 bits per heavy atom. The normalized spacial score (nSPS) is 9.65. The topological polar surface area (TPSA) is 84.4 Å². The number of nitro benzene ring substituents is 1. The zero-order chi connectivity index (χ0) is 16.3. The van der Waals surface area contributed by atoms with Crippen molar-refractivity contribution in [3.63, 3.8) is 0 Å². The summed E-state index contributed by atoms with van der Waals surface area (Å²) in [5, 5.41) is 10.6. The SMILES string of the molecule is CC(=O)c1ccc[n+](C(=O)N(C)c2ccc([N+](=O)[O-])cc2)c1.[Cl-]. The molecule has 2 rings (SSSR count). The predicted molar refractivity (Wildman–Crippen MR) is 78.9 cm³/mol. The number of Topliss-reactive ketones (excluding diaryl/α,β-unsaturated/α-hetero) is 1. The minimum absolute atomic E-state index is 0. The highest BCUT2D eigenvalue weighted by molar-refractivity contribution is 5.93. The van der Waals surface area contributed by atoms with Crippen LogP contribution >= 0.6 is 0 Å². The van der Waals surface area contributed by atoms with Crippen molar-refractivity contribution in [2.24, 2.45) is 0 Å². The van der Waals surface area contributed by atoms with Gasteiger partial charge in [0.1, 0.15) is 11.9 Å². The van der Waals surface area contributed by atoms with Crippen molar-refractivity contribution in [1.29, 1.82) is 0 Å². The molecule has 0 unspecified atom stereocenters. The first kappa shape index (κ1) is 18.2. The third-order valence-corrected chi connectivity index (χ3v) is 3.16. The van der Waals surface area contributed by atoms with Gasteiger partial charge in [0.05, 0.1) is 23.7 Å². The van der Waals surface area contributed by atoms with Gasteiger partial charge in [0.15, 0.2) is 5.78 Å². The quantitative estimate of drug-likeness (QED) is 0.318. The summed E-state index contributed by atoms with van der Waals surface area (Å²) in [6.45, 7) is 1.42. The highest BCUT2D eigenvalue weighted by Crippen LogP contribution is 2.18. The molecule has 0 bridgehead atoms. The van der Waals surface area contributed by atoms with Gasteiger partial charge in [-0.05, 0) is 31.2 Å². The molecule has 0 fully saturated rings. The summed E-state index contributed by atoms with van der Waals surface area (Å²) < 4.78 is 1.29. The third-order valence-electron chi connectivity index (χ3n) is 3.16. The van der Waals surface area contributed by atoms with E-state index in [0.717, 1.165) is 0 Å². The van der Waals surface area contributed by atoms with Gasteiger partial charge in [-0.2, -0.15) is 14.3 Å². The molecule has 120 valence electrons. The lowest BCUT2D eigenvalue weighted by Gasteiger charge is -2.09. The Kier molecular flexibility index (Phi) is 5.92. The van der Waals surface area contributed by atoms with Gasteiger partial charge in [0.25, 0.3) is 5.69 Å². The second kappa shape index (κ2) is 7.46. The number of nitro groups is 1. The summed E-state index contributed by atoms with van der Waals surface area (Å²) in [4.78, 5) is 35.2. The Balaban J connectivity index is 0.00000264. The van der Waals surface area contributed by atoms with Crippen LogP contribution in [0.4, 0.5) is 16.2 Å². The van der Waals surface area contributed by atoms with Gasteiger partial charge in [-0.3, -0.25) is 14.9 Å². The van der Waals surface area contributed by atoms with E-state index in [9.17, 15) is 19.7 Å². The van der Waals surface area contributed by atoms with Gasteiger partial charge in [0.2, 0.25) is 0 Å². The molecule has 0 spiro atoms. The number of aromatic nitrogens is 1. The van der Waals surface area contributed by atoms with E-state index in [4.69, 9.17) is 0 Å². The minimum Gasteiger partial charge on any atom is -1.00 e. The molecule has 7 nitrogen and oxygen atoms in total. The van der Waals surface area contributed by atoms with Crippen molar-refractivity contribution < 1.29 is 31.5 Å². The molecular weight excluding hydrogens is 322 g/mol. The highest BCUT2D eigenvalue weighted by atomic mass is 35.5. The number of benzene rings is 1. The lowest BCUT2D eigenvalue weighted by Crippen LogP contribution is -3.00. The highest BCUT2D eigenvalue weighted by Gasteiger charge is 2.23. The number of carbonyl (C=O) groups excluding carboxylic acids is 2. The Hall–Kier alpha value is -2.80. The number of rotatable bonds is 3. The van der Waals surface area contributed by atoms with Crippen LogP contribution in [0.2, 0.25) is 0 Å². The molecule has 1 aromatic carbocycles. The molecular formula is C15H14ClN3O4. The zero-order valence-electron chi connectivity index (χ0n) is 12.5. The van der Waals surface area contributed by atoms with E-state index in [2.05, 4.69) is 0 Å². The largest absolute Gasteiger partial charge is 1.00 e. The summed E-state index contributed by atoms with van der Waals surface area (Å²) in [6.07, 6.45) is 2.99. The van der Waals surface area contributed by atoms with E-state index in [1.54, 1.807) is 19.2 Å². The van der Waals surface area contributed by atoms with Gasteiger partial charge in [-0.25, -0.2) is 0 Å². The van der Waals surface area contributed by atoms with Crippen LogP contribution in [0.1, 0.15) is 17.3 Å². The van der Waals surface area contributed by atoms with Crippen molar-refractivity contribution in [3.8, 4) is 0 Å². The Bertz CT molecular complexity index is 747. The molecule has 0 N–H and O–H groups in total. The minimum atomic E-state index is -0.503. The summed E-state index contributed by atoms with van der Waals surface area (Å²) in [5.74, 6) is -0.139. The van der Waals surface area contributed by atoms with Gasteiger partial charge in [-0.15, -0.1) is 0 Å². The molecule has 0 saturated heterocycles. The lowest BCUT2D eigenvalue weighted by molar-refractivity contribution is -0.569. The molecule has 23 heavy (non-hydrogen) atoms. The fourth-order valence-electron chi connectivity index (χ4n) is 1.88. The second-order valence-corrected chi connectivity index (χ2v) is 4.67. The third kappa shape index (κ3) is 4.10. The van der Waals surface area contributed by atoms with Crippen molar-refractivity contribution in [2.45, 2.75) is 6.92 Å². The molecule has 0 aliphatic heterocycles. The standard InChI is InChI=1S/C15H14N3O4.ClH/c1-11(19)12-4-3-9-17(10-12)15(20)16(2)13-5-7-14(8-6-13)18(21)22;/h3-10H,1-2H3;1H/q+1;/p-1. The van der Waals surface area contributed by atoms with Crippen LogP contribution in [0, 0.1) is 10.1 Å². The van der Waals surface area contributed by atoms with E-state index < -0.39 is 4.92 Å². The van der Waals surface area contributed by atoms with Crippen LogP contribution in [0.3, 0.4) is 0 Å². The van der Waals surface area contributed by atoms with Crippen molar-refractivity contribution in [3.05, 3.63) is 64.5 Å². The average molecular weight is 336 g/mol. The Morgan fingerprint density at radius 1 is 1.17 bits per heavy atom. The first-order valence-corrected chi connectivity index (χ1v) is 6.45. The van der Waals surface area contributed by atoms with Crippen molar-refractivity contribution in [1.82, 2.24) is 0 Å². The van der Waals surface area contributed by atoms with Gasteiger partial charge < -0.3 is 12.4 Å². The van der Waals surface area contributed by atoms with Crippen LogP contribution in [-0.2, 0) is 0 Å². The first-order chi connectivity index (χ1) is 10.4. The number of non-ortho nitro benzene ring substituents is 1. The van der Waals surface area contributed by atoms with E-state index in [-0.39, 0.29) is 29.9 Å². The predicted octanol–water partition coefficient (Wildman–Crippen LogP) is -0.807. The number of hydrogen-bond donors (Lipinski definition) is 0. The molecule has 0 aliphatic carbocycles. The number of pyridine rings is 1. The number of ketones is 1. The summed E-state index contributed by atoms with van der Waals surface area (Å²) in [5.41, 5.74) is 0.889. The molecule has 1 amide bonds. The van der Waals surface area contributed by atoms with E-state index in [1.807, 2.05) is 0 Å². The fourth-order valence-corrected chi connectivity index (χ4v) is 1.88. The first-order valence-electron chi connectivity index (χ1n) is 6.45. The molecule has 0 atom stereocenters. The van der Waals surface area contributed by atoms with E-state index >= 15 is 0 Å². The summed E-state index contributed by atoms with van der Waals surface area (Å²) in [7, 11) is 1.55. The molecule has 2 aromatic rings. The van der Waals surface area contributed by atoms with Crippen LogP contribution in [0.15, 0.2) is 48.8 Å².